The summed E-state index contributed by atoms with van der Waals surface area (Å²) in [4.78, 5) is 23.4. The lowest BCUT2D eigenvalue weighted by atomic mass is 10.1. The van der Waals surface area contributed by atoms with Crippen LogP contribution in [0.4, 0.5) is 0 Å². The van der Waals surface area contributed by atoms with Crippen LogP contribution in [0.3, 0.4) is 0 Å². The van der Waals surface area contributed by atoms with E-state index in [1.807, 2.05) is 0 Å². The molecule has 0 spiro atoms. The van der Waals surface area contributed by atoms with E-state index in [0.29, 0.717) is 24.2 Å². The normalized spacial score (nSPS) is 11.8. The van der Waals surface area contributed by atoms with Gasteiger partial charge in [0.2, 0.25) is 5.91 Å². The Morgan fingerprint density at radius 3 is 2.45 bits per heavy atom. The van der Waals surface area contributed by atoms with E-state index in [2.05, 4.69) is 5.32 Å². The molecule has 1 amide bonds. The minimum atomic E-state index is -0.250. The fourth-order valence-corrected chi connectivity index (χ4v) is 1.72. The Labute approximate surface area is 118 Å². The summed E-state index contributed by atoms with van der Waals surface area (Å²) in [6, 6.07) is 6.66. The summed E-state index contributed by atoms with van der Waals surface area (Å²) in [5, 5.41) is 11.5. The number of hydrogen-bond acceptors (Lipinski definition) is 4. The van der Waals surface area contributed by atoms with Crippen molar-refractivity contribution in [3.63, 3.8) is 0 Å². The topological polar surface area (TPSA) is 75.6 Å². The molecule has 0 aromatic heterocycles. The minimum Gasteiger partial charge on any atom is -0.497 e. The fourth-order valence-electron chi connectivity index (χ4n) is 1.72. The van der Waals surface area contributed by atoms with Crippen LogP contribution >= 0.6 is 0 Å². The molecule has 0 radical (unpaired) electrons. The molecular weight excluding hydrogens is 258 g/mol. The van der Waals surface area contributed by atoms with Gasteiger partial charge in [-0.2, -0.15) is 0 Å². The molecule has 0 saturated carbocycles. The quantitative estimate of drug-likeness (QED) is 0.708. The van der Waals surface area contributed by atoms with Crippen LogP contribution in [0.15, 0.2) is 24.3 Å². The van der Waals surface area contributed by atoms with Crippen LogP contribution in [-0.2, 0) is 4.79 Å². The zero-order chi connectivity index (χ0) is 15.0. The van der Waals surface area contributed by atoms with Crippen LogP contribution in [0, 0.1) is 0 Å². The highest BCUT2D eigenvalue weighted by molar-refractivity contribution is 5.96. The lowest BCUT2D eigenvalue weighted by molar-refractivity contribution is -0.122. The molecular formula is C15H21NO4. The molecule has 110 valence electrons. The SMILES string of the molecule is COc1ccc(C(=O)CCCC(=O)N[C@@H](C)CO)cc1. The number of amides is 1. The first-order chi connectivity index (χ1) is 9.56. The molecule has 1 aromatic rings. The number of carbonyl (C=O) groups is 2. The van der Waals surface area contributed by atoms with Gasteiger partial charge in [0, 0.05) is 24.4 Å². The maximum atomic E-state index is 11.9. The van der Waals surface area contributed by atoms with Gasteiger partial charge in [-0.3, -0.25) is 9.59 Å². The van der Waals surface area contributed by atoms with E-state index in [1.165, 1.54) is 0 Å². The molecule has 5 heteroatoms. The number of Topliss-reactive ketones (excluding diaryl/α,β-unsaturated/α-hetero) is 1. The van der Waals surface area contributed by atoms with Crippen molar-refractivity contribution in [1.29, 1.82) is 0 Å². The number of ether oxygens (including phenoxy) is 1. The van der Waals surface area contributed by atoms with Crippen molar-refractivity contribution in [3.8, 4) is 5.75 Å². The summed E-state index contributed by atoms with van der Waals surface area (Å²) in [7, 11) is 1.57. The van der Waals surface area contributed by atoms with Gasteiger partial charge in [-0.15, -0.1) is 0 Å². The van der Waals surface area contributed by atoms with Gasteiger partial charge in [0.05, 0.1) is 13.7 Å². The second-order valence-corrected chi connectivity index (χ2v) is 4.66. The Morgan fingerprint density at radius 2 is 1.90 bits per heavy atom. The molecule has 0 bridgehead atoms. The molecule has 5 nitrogen and oxygen atoms in total. The van der Waals surface area contributed by atoms with Crippen molar-refractivity contribution < 1.29 is 19.4 Å². The van der Waals surface area contributed by atoms with Crippen molar-refractivity contribution in [2.75, 3.05) is 13.7 Å². The monoisotopic (exact) mass is 279 g/mol. The number of benzene rings is 1. The van der Waals surface area contributed by atoms with E-state index in [0.717, 1.165) is 0 Å². The molecule has 20 heavy (non-hydrogen) atoms. The van der Waals surface area contributed by atoms with Crippen molar-refractivity contribution in [1.82, 2.24) is 5.32 Å². The van der Waals surface area contributed by atoms with Gasteiger partial charge in [0.25, 0.3) is 0 Å². The van der Waals surface area contributed by atoms with E-state index in [1.54, 1.807) is 38.3 Å². The highest BCUT2D eigenvalue weighted by atomic mass is 16.5. The Morgan fingerprint density at radius 1 is 1.25 bits per heavy atom. The van der Waals surface area contributed by atoms with Gasteiger partial charge in [-0.1, -0.05) is 0 Å². The first-order valence-corrected chi connectivity index (χ1v) is 6.64. The van der Waals surface area contributed by atoms with Gasteiger partial charge in [-0.25, -0.2) is 0 Å². The lowest BCUT2D eigenvalue weighted by Gasteiger charge is -2.10. The van der Waals surface area contributed by atoms with Crippen LogP contribution in [0.5, 0.6) is 5.75 Å². The molecule has 0 aliphatic rings. The summed E-state index contributed by atoms with van der Waals surface area (Å²) in [5.74, 6) is 0.573. The first-order valence-electron chi connectivity index (χ1n) is 6.64. The fraction of sp³-hybridized carbons (Fsp3) is 0.467. The molecule has 1 aromatic carbocycles. The number of methoxy groups -OCH3 is 1. The molecule has 1 rings (SSSR count). The third-order valence-electron chi connectivity index (χ3n) is 2.90. The second-order valence-electron chi connectivity index (χ2n) is 4.66. The number of aliphatic hydroxyl groups is 1. The number of aliphatic hydroxyl groups excluding tert-OH is 1. The van der Waals surface area contributed by atoms with Gasteiger partial charge < -0.3 is 15.2 Å². The van der Waals surface area contributed by atoms with Gasteiger partial charge in [0.15, 0.2) is 5.78 Å². The molecule has 2 N–H and O–H groups in total. The molecule has 0 aliphatic carbocycles. The molecule has 0 heterocycles. The predicted molar refractivity (Wildman–Crippen MR) is 75.9 cm³/mol. The van der Waals surface area contributed by atoms with Crippen molar-refractivity contribution in [3.05, 3.63) is 29.8 Å². The van der Waals surface area contributed by atoms with Gasteiger partial charge >= 0.3 is 0 Å². The van der Waals surface area contributed by atoms with Crippen LogP contribution < -0.4 is 10.1 Å². The molecule has 0 aliphatic heterocycles. The van der Waals surface area contributed by atoms with E-state index in [4.69, 9.17) is 9.84 Å². The van der Waals surface area contributed by atoms with Gasteiger partial charge in [0.1, 0.15) is 5.75 Å². The highest BCUT2D eigenvalue weighted by Crippen LogP contribution is 2.13. The van der Waals surface area contributed by atoms with E-state index >= 15 is 0 Å². The smallest absolute Gasteiger partial charge is 0.220 e. The Bertz CT molecular complexity index is 442. The summed E-state index contributed by atoms with van der Waals surface area (Å²) in [6.07, 6.45) is 1.11. The first kappa shape index (κ1) is 16.2. The number of hydrogen-bond donors (Lipinski definition) is 2. The molecule has 0 saturated heterocycles. The number of nitrogens with one attached hydrogen (secondary N) is 1. The summed E-state index contributed by atoms with van der Waals surface area (Å²) >= 11 is 0. The maximum absolute atomic E-state index is 11.9. The van der Waals surface area contributed by atoms with E-state index in [-0.39, 0.29) is 30.8 Å². The third-order valence-corrected chi connectivity index (χ3v) is 2.90. The largest absolute Gasteiger partial charge is 0.497 e. The standard InChI is InChI=1S/C15H21NO4/c1-11(10-17)16-15(19)5-3-4-14(18)12-6-8-13(20-2)9-7-12/h6-9,11,17H,3-5,10H2,1-2H3,(H,16,19)/t11-/m0/s1. The summed E-state index contributed by atoms with van der Waals surface area (Å²) in [5.41, 5.74) is 0.620. The third kappa shape index (κ3) is 5.40. The molecule has 0 unspecified atom stereocenters. The van der Waals surface area contributed by atoms with Crippen LogP contribution in [0.1, 0.15) is 36.5 Å². The predicted octanol–water partition coefficient (Wildman–Crippen LogP) is 1.55. The van der Waals surface area contributed by atoms with Crippen molar-refractivity contribution >= 4 is 11.7 Å². The van der Waals surface area contributed by atoms with Crippen LogP contribution in [0.25, 0.3) is 0 Å². The number of rotatable bonds is 8. The highest BCUT2D eigenvalue weighted by Gasteiger charge is 2.09. The Kier molecular flexibility index (Phi) is 6.73. The lowest BCUT2D eigenvalue weighted by Crippen LogP contribution is -2.34. The maximum Gasteiger partial charge on any atom is 0.220 e. The average molecular weight is 279 g/mol. The second kappa shape index (κ2) is 8.32. The van der Waals surface area contributed by atoms with Crippen LogP contribution in [-0.4, -0.2) is 36.6 Å². The van der Waals surface area contributed by atoms with Crippen LogP contribution in [0.2, 0.25) is 0 Å². The van der Waals surface area contributed by atoms with E-state index < -0.39 is 0 Å². The molecule has 0 fully saturated rings. The van der Waals surface area contributed by atoms with Crippen molar-refractivity contribution in [2.24, 2.45) is 0 Å². The summed E-state index contributed by atoms with van der Waals surface area (Å²) < 4.78 is 5.02. The van der Waals surface area contributed by atoms with Crippen molar-refractivity contribution in [2.45, 2.75) is 32.2 Å². The Hall–Kier alpha value is -1.88. The van der Waals surface area contributed by atoms with Gasteiger partial charge in [-0.05, 0) is 37.6 Å². The Balaban J connectivity index is 2.34. The van der Waals surface area contributed by atoms with E-state index in [9.17, 15) is 9.59 Å². The summed E-state index contributed by atoms with van der Waals surface area (Å²) in [6.45, 7) is 1.64. The average Bonchev–Trinajstić information content (AvgIpc) is 2.47. The molecule has 1 atom stereocenters. The number of carbonyl (C=O) groups excluding carboxylic acids is 2. The number of ketones is 1. The minimum absolute atomic E-state index is 0.00987. The zero-order valence-corrected chi connectivity index (χ0v) is 11.9. The zero-order valence-electron chi connectivity index (χ0n) is 11.9.